The number of aromatic nitrogens is 1. The van der Waals surface area contributed by atoms with Crippen LogP contribution in [0.4, 0.5) is 0 Å². The molecule has 21 heavy (non-hydrogen) atoms. The molecule has 7 heteroatoms. The van der Waals surface area contributed by atoms with E-state index in [0.29, 0.717) is 11.5 Å². The Morgan fingerprint density at radius 1 is 1.48 bits per heavy atom. The first-order chi connectivity index (χ1) is 10.1. The Kier molecular flexibility index (Phi) is 3.74. The van der Waals surface area contributed by atoms with Crippen LogP contribution in [0.25, 0.3) is 10.8 Å². The van der Waals surface area contributed by atoms with Gasteiger partial charge in [0, 0.05) is 11.4 Å². The van der Waals surface area contributed by atoms with Gasteiger partial charge in [-0.25, -0.2) is 4.98 Å². The summed E-state index contributed by atoms with van der Waals surface area (Å²) in [6.07, 6.45) is 3.46. The molecule has 1 fully saturated rings. The molecule has 0 radical (unpaired) electrons. The maximum atomic E-state index is 12.2. The van der Waals surface area contributed by atoms with E-state index in [1.807, 2.05) is 11.4 Å². The Balaban J connectivity index is 1.68. The molecule has 110 valence electrons. The number of amides is 1. The average Bonchev–Trinajstić information content (AvgIpc) is 2.94. The van der Waals surface area contributed by atoms with Gasteiger partial charge in [-0.2, -0.15) is 0 Å². The molecule has 0 aliphatic heterocycles. The summed E-state index contributed by atoms with van der Waals surface area (Å²) < 4.78 is 5.26. The lowest BCUT2D eigenvalue weighted by atomic mass is 10.3. The van der Waals surface area contributed by atoms with Crippen molar-refractivity contribution in [3.8, 4) is 10.8 Å². The quantitative estimate of drug-likeness (QED) is 0.882. The zero-order valence-corrected chi connectivity index (χ0v) is 12.0. The minimum Gasteiger partial charge on any atom is -0.480 e. The summed E-state index contributed by atoms with van der Waals surface area (Å²) in [6.45, 7) is -0.237. The van der Waals surface area contributed by atoms with Crippen molar-refractivity contribution in [1.82, 2.24) is 9.88 Å². The summed E-state index contributed by atoms with van der Waals surface area (Å²) in [6, 6.07) is 3.67. The van der Waals surface area contributed by atoms with E-state index in [-0.39, 0.29) is 24.9 Å². The molecule has 0 saturated heterocycles. The third-order valence-electron chi connectivity index (χ3n) is 3.23. The third kappa shape index (κ3) is 3.30. The molecule has 1 saturated carbocycles. The third-order valence-corrected chi connectivity index (χ3v) is 4.14. The second-order valence-corrected chi connectivity index (χ2v) is 5.80. The number of nitrogens with zero attached hydrogens (tertiary/aromatic N) is 2. The zero-order valence-electron chi connectivity index (χ0n) is 11.2. The fourth-order valence-electron chi connectivity index (χ4n) is 2.11. The number of thiazole rings is 1. The van der Waals surface area contributed by atoms with Gasteiger partial charge in [-0.05, 0) is 25.0 Å². The van der Waals surface area contributed by atoms with Gasteiger partial charge in [0.05, 0.1) is 18.4 Å². The van der Waals surface area contributed by atoms with E-state index in [1.54, 1.807) is 12.3 Å². The fourth-order valence-corrected chi connectivity index (χ4v) is 2.90. The van der Waals surface area contributed by atoms with Crippen LogP contribution in [0.1, 0.15) is 18.5 Å². The highest BCUT2D eigenvalue weighted by Crippen LogP contribution is 2.28. The lowest BCUT2D eigenvalue weighted by molar-refractivity contribution is -0.144. The highest BCUT2D eigenvalue weighted by Gasteiger charge is 2.33. The van der Waals surface area contributed by atoms with Gasteiger partial charge in [0.15, 0.2) is 10.8 Å². The Morgan fingerprint density at radius 3 is 2.90 bits per heavy atom. The Hall–Kier alpha value is -2.15. The molecule has 1 amide bonds. The first-order valence-electron chi connectivity index (χ1n) is 6.63. The number of carbonyl (C=O) groups excluding carboxylic acids is 1. The van der Waals surface area contributed by atoms with Gasteiger partial charge in [0.25, 0.3) is 0 Å². The van der Waals surface area contributed by atoms with Crippen LogP contribution >= 0.6 is 11.3 Å². The highest BCUT2D eigenvalue weighted by molar-refractivity contribution is 7.13. The van der Waals surface area contributed by atoms with E-state index in [9.17, 15) is 9.59 Å². The Labute approximate surface area is 125 Å². The molecule has 0 bridgehead atoms. The van der Waals surface area contributed by atoms with Crippen molar-refractivity contribution in [3.63, 3.8) is 0 Å². The van der Waals surface area contributed by atoms with Gasteiger partial charge in [-0.1, -0.05) is 0 Å². The van der Waals surface area contributed by atoms with Crippen LogP contribution in [-0.2, 0) is 16.0 Å². The van der Waals surface area contributed by atoms with Crippen LogP contribution in [0.15, 0.2) is 28.2 Å². The molecular formula is C14H14N2O4S. The standard InChI is InChI=1S/C14H14N2O4S/c17-12(16(7-13(18)19)10-3-4-10)6-9-8-21-14(15-9)11-2-1-5-20-11/h1-2,5,8,10H,3-4,6-7H2,(H,18,19). The molecule has 3 rings (SSSR count). The maximum Gasteiger partial charge on any atom is 0.323 e. The second-order valence-electron chi connectivity index (χ2n) is 4.94. The van der Waals surface area contributed by atoms with Crippen LogP contribution in [0, 0.1) is 0 Å². The van der Waals surface area contributed by atoms with Gasteiger partial charge >= 0.3 is 5.97 Å². The van der Waals surface area contributed by atoms with Crippen LogP contribution in [0.5, 0.6) is 0 Å². The molecule has 6 nitrogen and oxygen atoms in total. The summed E-state index contributed by atoms with van der Waals surface area (Å²) in [4.78, 5) is 28.9. The molecule has 2 aromatic rings. The smallest absolute Gasteiger partial charge is 0.323 e. The number of aliphatic carboxylic acids is 1. The van der Waals surface area contributed by atoms with Gasteiger partial charge in [-0.3, -0.25) is 9.59 Å². The van der Waals surface area contributed by atoms with E-state index in [4.69, 9.17) is 9.52 Å². The second kappa shape index (κ2) is 5.69. The van der Waals surface area contributed by atoms with Crippen molar-refractivity contribution in [3.05, 3.63) is 29.5 Å². The molecular weight excluding hydrogens is 292 g/mol. The molecule has 0 unspecified atom stereocenters. The van der Waals surface area contributed by atoms with E-state index >= 15 is 0 Å². The SMILES string of the molecule is O=C(O)CN(C(=O)Cc1csc(-c2ccco2)n1)C1CC1. The summed E-state index contributed by atoms with van der Waals surface area (Å²) in [7, 11) is 0. The first kappa shape index (κ1) is 13.8. The van der Waals surface area contributed by atoms with Gasteiger partial charge in [-0.15, -0.1) is 11.3 Å². The topological polar surface area (TPSA) is 83.6 Å². The van der Waals surface area contributed by atoms with Crippen LogP contribution in [-0.4, -0.2) is 39.5 Å². The summed E-state index contributed by atoms with van der Waals surface area (Å²) >= 11 is 1.41. The molecule has 0 spiro atoms. The minimum atomic E-state index is -0.982. The number of carboxylic acids is 1. The van der Waals surface area contributed by atoms with Crippen LogP contribution < -0.4 is 0 Å². The number of hydrogen-bond acceptors (Lipinski definition) is 5. The number of rotatable bonds is 6. The van der Waals surface area contributed by atoms with Crippen molar-refractivity contribution in [2.24, 2.45) is 0 Å². The summed E-state index contributed by atoms with van der Waals surface area (Å²) in [5, 5.41) is 11.4. The molecule has 1 aliphatic rings. The van der Waals surface area contributed by atoms with Gasteiger partial charge in [0.2, 0.25) is 5.91 Å². The van der Waals surface area contributed by atoms with E-state index in [2.05, 4.69) is 4.98 Å². The molecule has 0 aromatic carbocycles. The van der Waals surface area contributed by atoms with Crippen molar-refractivity contribution in [1.29, 1.82) is 0 Å². The van der Waals surface area contributed by atoms with Crippen LogP contribution in [0.2, 0.25) is 0 Å². The van der Waals surface area contributed by atoms with Crippen LogP contribution in [0.3, 0.4) is 0 Å². The van der Waals surface area contributed by atoms with Gasteiger partial charge < -0.3 is 14.4 Å². The minimum absolute atomic E-state index is 0.0804. The average molecular weight is 306 g/mol. The predicted octanol–water partition coefficient (Wildman–Crippen LogP) is 2.02. The van der Waals surface area contributed by atoms with Gasteiger partial charge in [0.1, 0.15) is 6.54 Å². The van der Waals surface area contributed by atoms with Crippen molar-refractivity contribution < 1.29 is 19.1 Å². The number of furan rings is 1. The molecule has 2 heterocycles. The van der Waals surface area contributed by atoms with E-state index in [1.165, 1.54) is 16.2 Å². The molecule has 1 N–H and O–H groups in total. The number of carbonyl (C=O) groups is 2. The zero-order chi connectivity index (χ0) is 14.8. The van der Waals surface area contributed by atoms with E-state index in [0.717, 1.165) is 17.8 Å². The lowest BCUT2D eigenvalue weighted by Crippen LogP contribution is -2.38. The maximum absolute atomic E-state index is 12.2. The monoisotopic (exact) mass is 306 g/mol. The van der Waals surface area contributed by atoms with Crippen molar-refractivity contribution in [2.45, 2.75) is 25.3 Å². The summed E-state index contributed by atoms with van der Waals surface area (Å²) in [5.74, 6) is -0.496. The summed E-state index contributed by atoms with van der Waals surface area (Å²) in [5.41, 5.74) is 0.646. The Morgan fingerprint density at radius 2 is 2.29 bits per heavy atom. The van der Waals surface area contributed by atoms with Crippen molar-refractivity contribution >= 4 is 23.2 Å². The van der Waals surface area contributed by atoms with Crippen molar-refractivity contribution in [2.75, 3.05) is 6.54 Å². The highest BCUT2D eigenvalue weighted by atomic mass is 32.1. The predicted molar refractivity (Wildman–Crippen MR) is 75.9 cm³/mol. The largest absolute Gasteiger partial charge is 0.480 e. The molecule has 0 atom stereocenters. The Bertz CT molecular complexity index is 646. The molecule has 2 aromatic heterocycles. The fraction of sp³-hybridized carbons (Fsp3) is 0.357. The normalized spacial score (nSPS) is 14.1. The van der Waals surface area contributed by atoms with E-state index < -0.39 is 5.97 Å². The first-order valence-corrected chi connectivity index (χ1v) is 7.51. The molecule has 1 aliphatic carbocycles. The number of carboxylic acid groups (broad SMARTS) is 1. The lowest BCUT2D eigenvalue weighted by Gasteiger charge is -2.19. The number of hydrogen-bond donors (Lipinski definition) is 1.